The zero-order valence-corrected chi connectivity index (χ0v) is 3.88. The molecular weight excluding hydrogens is 98.1 g/mol. The Balaban J connectivity index is 3.32. The summed E-state index contributed by atoms with van der Waals surface area (Å²) in [4.78, 5) is 0. The van der Waals surface area contributed by atoms with Gasteiger partial charge in [-0.3, -0.25) is 0 Å². The van der Waals surface area contributed by atoms with Crippen LogP contribution in [0, 0.1) is 0 Å². The standard InChI is InChI=1S/C5H6F2/c1-4(6)3-5(2)7/h1-3H2. The molecule has 0 bridgehead atoms. The summed E-state index contributed by atoms with van der Waals surface area (Å²) in [5, 5.41) is 0. The van der Waals surface area contributed by atoms with Crippen molar-refractivity contribution in [3.63, 3.8) is 0 Å². The summed E-state index contributed by atoms with van der Waals surface area (Å²) in [7, 11) is 0. The van der Waals surface area contributed by atoms with E-state index < -0.39 is 11.7 Å². The molecule has 0 heterocycles. The van der Waals surface area contributed by atoms with E-state index in [1.54, 1.807) is 0 Å². The molecule has 0 aliphatic heterocycles. The minimum atomic E-state index is -0.687. The van der Waals surface area contributed by atoms with Crippen molar-refractivity contribution in [3.8, 4) is 0 Å². The maximum absolute atomic E-state index is 11.5. The molecule has 0 aromatic rings. The topological polar surface area (TPSA) is 0 Å². The molecule has 0 aliphatic rings. The summed E-state index contributed by atoms with van der Waals surface area (Å²) in [5.74, 6) is -1.37. The van der Waals surface area contributed by atoms with E-state index in [0.717, 1.165) is 0 Å². The van der Waals surface area contributed by atoms with Gasteiger partial charge in [-0.25, -0.2) is 8.78 Å². The Labute approximate surface area is 41.2 Å². The summed E-state index contributed by atoms with van der Waals surface area (Å²) in [6, 6.07) is 0. The Morgan fingerprint density at radius 1 is 1.14 bits per heavy atom. The van der Waals surface area contributed by atoms with Gasteiger partial charge in [-0.05, 0) is 0 Å². The highest BCUT2D eigenvalue weighted by Gasteiger charge is 1.91. The van der Waals surface area contributed by atoms with Crippen LogP contribution in [0.25, 0.3) is 0 Å². The van der Waals surface area contributed by atoms with Gasteiger partial charge in [0.2, 0.25) is 0 Å². The fraction of sp³-hybridized carbons (Fsp3) is 0.200. The molecule has 0 N–H and O–H groups in total. The van der Waals surface area contributed by atoms with Gasteiger partial charge in [-0.1, -0.05) is 13.2 Å². The first kappa shape index (κ1) is 6.34. The van der Waals surface area contributed by atoms with Crippen molar-refractivity contribution in [2.45, 2.75) is 6.42 Å². The molecule has 0 rings (SSSR count). The summed E-state index contributed by atoms with van der Waals surface area (Å²) in [6.45, 7) is 5.66. The number of rotatable bonds is 2. The largest absolute Gasteiger partial charge is 0.212 e. The first-order valence-electron chi connectivity index (χ1n) is 1.79. The molecule has 0 aliphatic carbocycles. The van der Waals surface area contributed by atoms with E-state index in [-0.39, 0.29) is 6.42 Å². The van der Waals surface area contributed by atoms with Crippen molar-refractivity contribution in [2.24, 2.45) is 0 Å². The minimum absolute atomic E-state index is 0.361. The van der Waals surface area contributed by atoms with E-state index in [9.17, 15) is 8.78 Å². The summed E-state index contributed by atoms with van der Waals surface area (Å²) >= 11 is 0. The van der Waals surface area contributed by atoms with E-state index in [4.69, 9.17) is 0 Å². The Morgan fingerprint density at radius 2 is 1.43 bits per heavy atom. The second-order valence-corrected chi connectivity index (χ2v) is 1.21. The maximum atomic E-state index is 11.5. The van der Waals surface area contributed by atoms with Gasteiger partial charge in [0.25, 0.3) is 0 Å². The van der Waals surface area contributed by atoms with Crippen LogP contribution >= 0.6 is 0 Å². The maximum Gasteiger partial charge on any atom is 0.0995 e. The van der Waals surface area contributed by atoms with Gasteiger partial charge in [0, 0.05) is 0 Å². The lowest BCUT2D eigenvalue weighted by Crippen LogP contribution is -1.68. The second-order valence-electron chi connectivity index (χ2n) is 1.21. The lowest BCUT2D eigenvalue weighted by atomic mass is 10.4. The third-order valence-corrected chi connectivity index (χ3v) is 0.384. The van der Waals surface area contributed by atoms with E-state index in [2.05, 4.69) is 13.2 Å². The quantitative estimate of drug-likeness (QED) is 0.504. The number of hydrogen-bond acceptors (Lipinski definition) is 0. The average molecular weight is 104 g/mol. The average Bonchev–Trinajstić information content (AvgIpc) is 1.27. The number of hydrogen-bond donors (Lipinski definition) is 0. The van der Waals surface area contributed by atoms with Crippen LogP contribution in [0.1, 0.15) is 6.42 Å². The molecule has 0 saturated heterocycles. The lowest BCUT2D eigenvalue weighted by Gasteiger charge is -1.85. The lowest BCUT2D eigenvalue weighted by molar-refractivity contribution is 0.547. The Hall–Kier alpha value is -0.660. The fourth-order valence-corrected chi connectivity index (χ4v) is 0.208. The smallest absolute Gasteiger partial charge is 0.0995 e. The van der Waals surface area contributed by atoms with Crippen LogP contribution in [-0.2, 0) is 0 Å². The summed E-state index contributed by atoms with van der Waals surface area (Å²) < 4.78 is 22.9. The Bertz CT molecular complexity index is 82.3. The molecule has 7 heavy (non-hydrogen) atoms. The van der Waals surface area contributed by atoms with Gasteiger partial charge in [0.15, 0.2) is 0 Å². The Kier molecular flexibility index (Phi) is 2.27. The van der Waals surface area contributed by atoms with Gasteiger partial charge in [-0.15, -0.1) is 0 Å². The van der Waals surface area contributed by atoms with Crippen molar-refractivity contribution in [1.29, 1.82) is 0 Å². The first-order valence-corrected chi connectivity index (χ1v) is 1.79. The highest BCUT2D eigenvalue weighted by molar-refractivity contribution is 4.95. The predicted octanol–water partition coefficient (Wildman–Crippen LogP) is 2.34. The van der Waals surface area contributed by atoms with Gasteiger partial charge >= 0.3 is 0 Å². The van der Waals surface area contributed by atoms with Crippen LogP contribution in [0.3, 0.4) is 0 Å². The zero-order valence-electron chi connectivity index (χ0n) is 3.88. The van der Waals surface area contributed by atoms with Crippen molar-refractivity contribution >= 4 is 0 Å². The van der Waals surface area contributed by atoms with Gasteiger partial charge in [0.1, 0.15) is 0 Å². The van der Waals surface area contributed by atoms with Crippen LogP contribution < -0.4 is 0 Å². The minimum Gasteiger partial charge on any atom is -0.212 e. The van der Waals surface area contributed by atoms with Crippen LogP contribution in [0.15, 0.2) is 24.8 Å². The second kappa shape index (κ2) is 2.50. The Morgan fingerprint density at radius 3 is 1.43 bits per heavy atom. The highest BCUT2D eigenvalue weighted by Crippen LogP contribution is 2.07. The van der Waals surface area contributed by atoms with Crippen molar-refractivity contribution in [2.75, 3.05) is 0 Å². The van der Waals surface area contributed by atoms with Gasteiger partial charge < -0.3 is 0 Å². The van der Waals surface area contributed by atoms with E-state index in [0.29, 0.717) is 0 Å². The van der Waals surface area contributed by atoms with Crippen molar-refractivity contribution in [3.05, 3.63) is 24.8 Å². The monoisotopic (exact) mass is 104 g/mol. The molecule has 2 heteroatoms. The molecule has 0 amide bonds. The van der Waals surface area contributed by atoms with Gasteiger partial charge in [-0.2, -0.15) is 0 Å². The normalized spacial score (nSPS) is 8.29. The van der Waals surface area contributed by atoms with E-state index >= 15 is 0 Å². The van der Waals surface area contributed by atoms with Crippen LogP contribution in [-0.4, -0.2) is 0 Å². The fourth-order valence-electron chi connectivity index (χ4n) is 0.208. The van der Waals surface area contributed by atoms with Crippen LogP contribution in [0.5, 0.6) is 0 Å². The molecule has 0 fully saturated rings. The SMILES string of the molecule is C=C(F)CC(=C)F. The molecule has 0 aromatic heterocycles. The van der Waals surface area contributed by atoms with E-state index in [1.165, 1.54) is 0 Å². The highest BCUT2D eigenvalue weighted by atomic mass is 19.1. The molecule has 0 nitrogen and oxygen atoms in total. The molecule has 0 atom stereocenters. The third kappa shape index (κ3) is 5.34. The zero-order chi connectivity index (χ0) is 5.86. The first-order chi connectivity index (χ1) is 3.13. The molecule has 40 valence electrons. The van der Waals surface area contributed by atoms with Gasteiger partial charge in [0.05, 0.1) is 18.1 Å². The number of halogens is 2. The van der Waals surface area contributed by atoms with Crippen molar-refractivity contribution in [1.82, 2.24) is 0 Å². The molecule has 0 unspecified atom stereocenters. The van der Waals surface area contributed by atoms with Crippen molar-refractivity contribution < 1.29 is 8.78 Å². The third-order valence-electron chi connectivity index (χ3n) is 0.384. The molecule has 0 spiro atoms. The predicted molar refractivity (Wildman–Crippen MR) is 25.1 cm³/mol. The summed E-state index contributed by atoms with van der Waals surface area (Å²) in [6.07, 6.45) is -0.361. The number of allylic oxidation sites excluding steroid dienone is 2. The molecule has 0 saturated carbocycles. The van der Waals surface area contributed by atoms with Crippen LogP contribution in [0.4, 0.5) is 8.78 Å². The van der Waals surface area contributed by atoms with Crippen LogP contribution in [0.2, 0.25) is 0 Å². The molecular formula is C5H6F2. The van der Waals surface area contributed by atoms with E-state index in [1.807, 2.05) is 0 Å². The summed E-state index contributed by atoms with van der Waals surface area (Å²) in [5.41, 5.74) is 0. The molecule has 0 aromatic carbocycles. The molecule has 0 radical (unpaired) electrons.